The van der Waals surface area contributed by atoms with Crippen molar-refractivity contribution < 1.29 is 18.3 Å². The molecule has 0 spiro atoms. The fraction of sp³-hybridized carbons (Fsp3) is 0.500. The van der Waals surface area contributed by atoms with Gasteiger partial charge in [0, 0.05) is 13.2 Å². The highest BCUT2D eigenvalue weighted by molar-refractivity contribution is 5.35. The van der Waals surface area contributed by atoms with Crippen LogP contribution in [0.3, 0.4) is 0 Å². The van der Waals surface area contributed by atoms with E-state index in [0.717, 1.165) is 6.07 Å². The number of aliphatic hydroxyl groups excluding tert-OH is 1. The lowest BCUT2D eigenvalue weighted by molar-refractivity contribution is -0.141. The van der Waals surface area contributed by atoms with Gasteiger partial charge in [-0.15, -0.1) is 0 Å². The molecule has 0 unspecified atom stereocenters. The predicted molar refractivity (Wildman–Crippen MR) is 54.0 cm³/mol. The molecule has 0 saturated heterocycles. The van der Waals surface area contributed by atoms with Crippen molar-refractivity contribution in [3.63, 3.8) is 0 Å². The van der Waals surface area contributed by atoms with Crippen LogP contribution in [0.4, 0.5) is 19.0 Å². The molecule has 0 fully saturated rings. The molecule has 16 heavy (non-hydrogen) atoms. The number of aromatic nitrogens is 1. The molecule has 0 aliphatic heterocycles. The van der Waals surface area contributed by atoms with Gasteiger partial charge in [-0.3, -0.25) is 0 Å². The lowest BCUT2D eigenvalue weighted by atomic mass is 10.3. The third-order valence-corrected chi connectivity index (χ3v) is 1.93. The molecule has 2 N–H and O–H groups in total. The standard InChI is InChI=1S/C10H13F3N2O/c11-10(12,13)8-4-3-5-9(15-8)14-6-1-2-7-16/h3-5,16H,1-2,6-7H2,(H,14,15). The molecule has 3 nitrogen and oxygen atoms in total. The van der Waals surface area contributed by atoms with Crippen LogP contribution < -0.4 is 5.32 Å². The smallest absolute Gasteiger partial charge is 0.396 e. The van der Waals surface area contributed by atoms with Gasteiger partial charge in [0.05, 0.1) is 0 Å². The summed E-state index contributed by atoms with van der Waals surface area (Å²) in [7, 11) is 0. The second-order valence-electron chi connectivity index (χ2n) is 3.26. The second-order valence-corrected chi connectivity index (χ2v) is 3.26. The van der Waals surface area contributed by atoms with E-state index in [4.69, 9.17) is 5.11 Å². The first-order valence-electron chi connectivity index (χ1n) is 4.93. The minimum atomic E-state index is -4.41. The van der Waals surface area contributed by atoms with E-state index >= 15 is 0 Å². The van der Waals surface area contributed by atoms with Gasteiger partial charge in [0.15, 0.2) is 0 Å². The number of aliphatic hydroxyl groups is 1. The summed E-state index contributed by atoms with van der Waals surface area (Å²) in [6.07, 6.45) is -3.11. The van der Waals surface area contributed by atoms with Gasteiger partial charge >= 0.3 is 6.18 Å². The monoisotopic (exact) mass is 234 g/mol. The Morgan fingerprint density at radius 1 is 1.25 bits per heavy atom. The van der Waals surface area contributed by atoms with Crippen LogP contribution in [-0.2, 0) is 6.18 Å². The summed E-state index contributed by atoms with van der Waals surface area (Å²) in [6.45, 7) is 0.576. The highest BCUT2D eigenvalue weighted by Gasteiger charge is 2.32. The van der Waals surface area contributed by atoms with Gasteiger partial charge in [-0.05, 0) is 25.0 Å². The molecular weight excluding hydrogens is 221 g/mol. The molecule has 1 rings (SSSR count). The number of unbranched alkanes of at least 4 members (excludes halogenated alkanes) is 1. The van der Waals surface area contributed by atoms with E-state index in [2.05, 4.69) is 10.3 Å². The fourth-order valence-corrected chi connectivity index (χ4v) is 1.14. The molecule has 1 aromatic rings. The molecule has 0 aliphatic carbocycles. The number of nitrogens with zero attached hydrogens (tertiary/aromatic N) is 1. The highest BCUT2D eigenvalue weighted by Crippen LogP contribution is 2.28. The number of alkyl halides is 3. The molecule has 1 heterocycles. The summed E-state index contributed by atoms with van der Waals surface area (Å²) in [5.41, 5.74) is -0.903. The Hall–Kier alpha value is -1.30. The summed E-state index contributed by atoms with van der Waals surface area (Å²) in [6, 6.07) is 3.72. The van der Waals surface area contributed by atoms with Gasteiger partial charge in [0.2, 0.25) is 0 Å². The Balaban J connectivity index is 2.54. The molecular formula is C10H13F3N2O. The van der Waals surface area contributed by atoms with Crippen LogP contribution in [0.5, 0.6) is 0 Å². The number of hydrogen-bond donors (Lipinski definition) is 2. The molecule has 90 valence electrons. The van der Waals surface area contributed by atoms with E-state index in [1.807, 2.05) is 0 Å². The van der Waals surface area contributed by atoms with Crippen LogP contribution >= 0.6 is 0 Å². The van der Waals surface area contributed by atoms with E-state index in [1.165, 1.54) is 12.1 Å². The van der Waals surface area contributed by atoms with Gasteiger partial charge < -0.3 is 10.4 Å². The zero-order chi connectivity index (χ0) is 12.0. The minimum absolute atomic E-state index is 0.0811. The van der Waals surface area contributed by atoms with E-state index in [1.54, 1.807) is 0 Å². The first kappa shape index (κ1) is 12.8. The number of hydrogen-bond acceptors (Lipinski definition) is 3. The molecule has 0 saturated carbocycles. The number of anilines is 1. The first-order valence-corrected chi connectivity index (χ1v) is 4.93. The van der Waals surface area contributed by atoms with Crippen LogP contribution in [-0.4, -0.2) is 23.2 Å². The lowest BCUT2D eigenvalue weighted by Gasteiger charge is -2.09. The normalized spacial score (nSPS) is 11.5. The van der Waals surface area contributed by atoms with E-state index in [9.17, 15) is 13.2 Å². The van der Waals surface area contributed by atoms with Crippen LogP contribution in [0, 0.1) is 0 Å². The van der Waals surface area contributed by atoms with Crippen molar-refractivity contribution >= 4 is 5.82 Å². The minimum Gasteiger partial charge on any atom is -0.396 e. The first-order chi connectivity index (χ1) is 7.54. The SMILES string of the molecule is OCCCCNc1cccc(C(F)(F)F)n1. The Morgan fingerprint density at radius 3 is 2.62 bits per heavy atom. The molecule has 0 bridgehead atoms. The maximum Gasteiger partial charge on any atom is 0.433 e. The van der Waals surface area contributed by atoms with Gasteiger partial charge in [-0.25, -0.2) is 4.98 Å². The molecule has 0 atom stereocenters. The van der Waals surface area contributed by atoms with E-state index < -0.39 is 11.9 Å². The summed E-state index contributed by atoms with van der Waals surface area (Å²) < 4.78 is 36.9. The third-order valence-electron chi connectivity index (χ3n) is 1.93. The van der Waals surface area contributed by atoms with Crippen molar-refractivity contribution in [3.05, 3.63) is 23.9 Å². The van der Waals surface area contributed by atoms with Crippen LogP contribution in [0.2, 0.25) is 0 Å². The quantitative estimate of drug-likeness (QED) is 0.768. The van der Waals surface area contributed by atoms with Crippen molar-refractivity contribution in [1.29, 1.82) is 0 Å². The Kier molecular flexibility index (Phi) is 4.54. The average molecular weight is 234 g/mol. The number of pyridine rings is 1. The molecule has 6 heteroatoms. The Bertz CT molecular complexity index is 328. The zero-order valence-corrected chi connectivity index (χ0v) is 8.59. The van der Waals surface area contributed by atoms with E-state index in [-0.39, 0.29) is 12.4 Å². The van der Waals surface area contributed by atoms with E-state index in [0.29, 0.717) is 19.4 Å². The van der Waals surface area contributed by atoms with Crippen LogP contribution in [0.15, 0.2) is 18.2 Å². The predicted octanol–water partition coefficient (Wildman–Crippen LogP) is 2.28. The number of halogens is 3. The Morgan fingerprint density at radius 2 is 2.00 bits per heavy atom. The Labute approximate surface area is 91.3 Å². The summed E-state index contributed by atoms with van der Waals surface area (Å²) >= 11 is 0. The third kappa shape index (κ3) is 4.06. The fourth-order valence-electron chi connectivity index (χ4n) is 1.14. The van der Waals surface area contributed by atoms with Gasteiger partial charge in [0.1, 0.15) is 11.5 Å². The van der Waals surface area contributed by atoms with Crippen LogP contribution in [0.25, 0.3) is 0 Å². The molecule has 0 amide bonds. The lowest BCUT2D eigenvalue weighted by Crippen LogP contribution is -2.10. The molecule has 0 radical (unpaired) electrons. The maximum atomic E-state index is 12.3. The highest BCUT2D eigenvalue weighted by atomic mass is 19.4. The summed E-state index contributed by atoms with van der Waals surface area (Å²) in [4.78, 5) is 3.44. The average Bonchev–Trinajstić information content (AvgIpc) is 2.24. The largest absolute Gasteiger partial charge is 0.433 e. The van der Waals surface area contributed by atoms with Gasteiger partial charge in [-0.2, -0.15) is 13.2 Å². The van der Waals surface area contributed by atoms with Crippen molar-refractivity contribution in [1.82, 2.24) is 4.98 Å². The van der Waals surface area contributed by atoms with Crippen molar-refractivity contribution in [3.8, 4) is 0 Å². The summed E-state index contributed by atoms with van der Waals surface area (Å²) in [5.74, 6) is 0.202. The number of nitrogens with one attached hydrogen (secondary N) is 1. The second kappa shape index (κ2) is 5.69. The topological polar surface area (TPSA) is 45.1 Å². The van der Waals surface area contributed by atoms with Gasteiger partial charge in [-0.1, -0.05) is 6.07 Å². The van der Waals surface area contributed by atoms with Crippen molar-refractivity contribution in [2.45, 2.75) is 19.0 Å². The molecule has 0 aromatic carbocycles. The number of rotatable bonds is 5. The zero-order valence-electron chi connectivity index (χ0n) is 8.59. The van der Waals surface area contributed by atoms with Crippen LogP contribution in [0.1, 0.15) is 18.5 Å². The molecule has 0 aliphatic rings. The van der Waals surface area contributed by atoms with Gasteiger partial charge in [0.25, 0.3) is 0 Å². The maximum absolute atomic E-state index is 12.3. The van der Waals surface area contributed by atoms with Crippen molar-refractivity contribution in [2.75, 3.05) is 18.5 Å². The molecule has 1 aromatic heterocycles. The van der Waals surface area contributed by atoms with Crippen molar-refractivity contribution in [2.24, 2.45) is 0 Å². The summed E-state index contributed by atoms with van der Waals surface area (Å²) in [5, 5.41) is 11.3.